The van der Waals surface area contributed by atoms with Gasteiger partial charge in [0.2, 0.25) is 21.9 Å². The van der Waals surface area contributed by atoms with Gasteiger partial charge in [-0.2, -0.15) is 24.8 Å². The van der Waals surface area contributed by atoms with Gasteiger partial charge in [0.25, 0.3) is 10.0 Å². The number of sulfonamides is 2. The van der Waals surface area contributed by atoms with E-state index in [4.69, 9.17) is 14.7 Å². The van der Waals surface area contributed by atoms with Gasteiger partial charge in [-0.25, -0.2) is 21.6 Å². The number of anilines is 3. The van der Waals surface area contributed by atoms with Crippen LogP contribution in [0.15, 0.2) is 82.8 Å². The Balaban J connectivity index is 0.782. The Morgan fingerprint density at radius 2 is 1.62 bits per heavy atom. The minimum atomic E-state index is -4.16. The Labute approximate surface area is 386 Å². The molecule has 1 saturated heterocycles. The van der Waals surface area contributed by atoms with E-state index in [-0.39, 0.29) is 40.0 Å². The maximum atomic E-state index is 13.3. The molecule has 0 spiro atoms. The van der Waals surface area contributed by atoms with Crippen LogP contribution >= 0.6 is 0 Å². The molecule has 0 radical (unpaired) electrons. The van der Waals surface area contributed by atoms with Crippen LogP contribution in [0.25, 0.3) is 16.6 Å². The molecule has 350 valence electrons. The summed E-state index contributed by atoms with van der Waals surface area (Å²) in [6, 6.07) is 18.7. The minimum Gasteiger partial charge on any atom is -0.460 e. The fraction of sp³-hybridized carbons (Fsp3) is 0.426. The van der Waals surface area contributed by atoms with Gasteiger partial charge >= 0.3 is 6.01 Å². The number of carbonyl (C=O) groups excluding carboxylic acids is 1. The number of unbranched alkanes of at least 4 members (excludes halogenated alkanes) is 6. The van der Waals surface area contributed by atoms with Crippen LogP contribution in [0.4, 0.5) is 17.3 Å². The lowest BCUT2D eigenvalue weighted by atomic mass is 10.1. The van der Waals surface area contributed by atoms with Crippen molar-refractivity contribution in [3.8, 4) is 12.1 Å². The number of carbonyl (C=O) groups is 1. The summed E-state index contributed by atoms with van der Waals surface area (Å²) in [4.78, 5) is 27.1. The van der Waals surface area contributed by atoms with Crippen molar-refractivity contribution >= 4 is 59.8 Å². The van der Waals surface area contributed by atoms with Crippen molar-refractivity contribution in [1.29, 1.82) is 5.26 Å². The van der Waals surface area contributed by atoms with E-state index in [1.54, 1.807) is 16.6 Å². The lowest BCUT2D eigenvalue weighted by Crippen LogP contribution is -2.36. The van der Waals surface area contributed by atoms with Gasteiger partial charge < -0.3 is 25.3 Å². The second-order valence-electron chi connectivity index (χ2n) is 17.2. The number of nitriles is 1. The van der Waals surface area contributed by atoms with Gasteiger partial charge in [0, 0.05) is 55.4 Å². The molecule has 19 heteroatoms. The zero-order valence-corrected chi connectivity index (χ0v) is 39.6. The van der Waals surface area contributed by atoms with Crippen LogP contribution in [-0.4, -0.2) is 85.0 Å². The number of amides is 1. The number of hydrogen-bond acceptors (Lipinski definition) is 12. The number of nitrogens with one attached hydrogen (secondary N) is 5. The molecule has 1 amide bonds. The highest BCUT2D eigenvalue weighted by molar-refractivity contribution is 7.93. The third kappa shape index (κ3) is 12.0. The lowest BCUT2D eigenvalue weighted by molar-refractivity contribution is -0.116. The molecule has 66 heavy (non-hydrogen) atoms. The van der Waals surface area contributed by atoms with Crippen LogP contribution in [0.2, 0.25) is 0 Å². The monoisotopic (exact) mass is 937 g/mol. The molecule has 1 fully saturated rings. The Morgan fingerprint density at radius 3 is 2.33 bits per heavy atom. The summed E-state index contributed by atoms with van der Waals surface area (Å²) >= 11 is 0. The number of aromatic nitrogens is 5. The van der Waals surface area contributed by atoms with Gasteiger partial charge in [-0.3, -0.25) is 9.52 Å². The molecule has 3 aromatic carbocycles. The van der Waals surface area contributed by atoms with Crippen molar-refractivity contribution in [3.05, 3.63) is 95.3 Å². The number of nitrogens with zero attached hydrogens (tertiary/aromatic N) is 6. The summed E-state index contributed by atoms with van der Waals surface area (Å²) in [5.74, 6) is 0.752. The Bertz CT molecular complexity index is 2900. The van der Waals surface area contributed by atoms with E-state index in [9.17, 15) is 26.9 Å². The van der Waals surface area contributed by atoms with E-state index in [0.717, 1.165) is 98.5 Å². The predicted octanol–water partition coefficient (Wildman–Crippen LogP) is 7.83. The fourth-order valence-corrected chi connectivity index (χ4v) is 10.3. The van der Waals surface area contributed by atoms with Gasteiger partial charge in [0.15, 0.2) is 5.65 Å². The third-order valence-corrected chi connectivity index (χ3v) is 14.7. The van der Waals surface area contributed by atoms with Crippen LogP contribution < -0.4 is 24.8 Å². The first-order valence-electron chi connectivity index (χ1n) is 22.6. The van der Waals surface area contributed by atoms with Crippen LogP contribution in [0, 0.1) is 18.3 Å². The van der Waals surface area contributed by atoms with Crippen molar-refractivity contribution < 1.29 is 26.4 Å². The molecular formula is C47H59N11O6S2. The van der Waals surface area contributed by atoms with Crippen LogP contribution in [0.3, 0.4) is 0 Å². The highest BCUT2D eigenvalue weighted by Crippen LogP contribution is 2.31. The fourth-order valence-electron chi connectivity index (χ4n) is 8.00. The van der Waals surface area contributed by atoms with E-state index >= 15 is 0 Å². The topological polar surface area (TPSA) is 229 Å². The van der Waals surface area contributed by atoms with Crippen LogP contribution in [0.5, 0.6) is 6.01 Å². The number of aryl methyl sites for hydroxylation is 1. The summed E-state index contributed by atoms with van der Waals surface area (Å²) in [7, 11) is -6.00. The summed E-state index contributed by atoms with van der Waals surface area (Å²) < 4.78 is 66.0. The summed E-state index contributed by atoms with van der Waals surface area (Å²) in [6.45, 7) is 8.71. The normalized spacial score (nSPS) is 13.9. The second-order valence-corrected chi connectivity index (χ2v) is 20.7. The van der Waals surface area contributed by atoms with Crippen LogP contribution in [0.1, 0.15) is 106 Å². The highest BCUT2D eigenvalue weighted by Gasteiger charge is 2.24. The van der Waals surface area contributed by atoms with E-state index in [0.29, 0.717) is 47.8 Å². The number of likely N-dealkylation sites (tertiary alicyclic amines) is 1. The predicted molar refractivity (Wildman–Crippen MR) is 256 cm³/mol. The molecule has 0 bridgehead atoms. The van der Waals surface area contributed by atoms with Gasteiger partial charge in [-0.15, -0.1) is 0 Å². The van der Waals surface area contributed by atoms with E-state index in [1.165, 1.54) is 24.4 Å². The Morgan fingerprint density at radius 1 is 0.924 bits per heavy atom. The summed E-state index contributed by atoms with van der Waals surface area (Å²) in [5.41, 5.74) is 5.41. The SMILES string of the molecule is Cc1ccc(NS(=O)(=O)c2cccc(S(=O)(=O)NCCCCCCCCCC(=O)Nc3ccc(CNc4nc(OC5CCN(C)CC5)nc5c(C(C)C)cnn45)cc3)c2)c2[nH]cc(C#N)c12. The minimum absolute atomic E-state index is 0.0351. The second kappa shape index (κ2) is 21.5. The maximum absolute atomic E-state index is 13.3. The average molecular weight is 938 g/mol. The number of piperidine rings is 1. The molecule has 7 rings (SSSR count). The number of ether oxygens (including phenoxy) is 1. The zero-order chi connectivity index (χ0) is 46.8. The zero-order valence-electron chi connectivity index (χ0n) is 37.9. The molecule has 3 aromatic heterocycles. The van der Waals surface area contributed by atoms with Crippen molar-refractivity contribution in [2.75, 3.05) is 42.0 Å². The number of H-pyrrole nitrogens is 1. The molecule has 4 heterocycles. The molecule has 6 aromatic rings. The maximum Gasteiger partial charge on any atom is 0.322 e. The Hall–Kier alpha value is -6.07. The van der Waals surface area contributed by atoms with Crippen LogP contribution in [-0.2, 0) is 31.4 Å². The quantitative estimate of drug-likeness (QED) is 0.0410. The standard InChI is InChI=1S/C47H59N11O6S2/c1-32(2)40-31-51-58-45(40)54-47(64-37-22-25-57(4)26-23-37)55-46(58)50-29-34-17-19-36(20-18-34)53-42(59)15-10-8-6-5-7-9-11-24-52-65(60,61)38-13-12-14-39(27-38)66(62,63)56-41-21-16-33(3)43-35(28-48)30-49-44(41)43/h12-14,16-21,27,30-32,37,49,52,56H,5-11,15,22-26,29H2,1-4H3,(H,53,59)(H,50,54,55). The number of benzene rings is 3. The summed E-state index contributed by atoms with van der Waals surface area (Å²) in [6.07, 6.45) is 11.7. The average Bonchev–Trinajstić information content (AvgIpc) is 3.95. The first-order chi connectivity index (χ1) is 31.7. The molecule has 17 nitrogen and oxygen atoms in total. The van der Waals surface area contributed by atoms with Crippen molar-refractivity contribution in [1.82, 2.24) is 34.2 Å². The molecule has 0 unspecified atom stereocenters. The van der Waals surface area contributed by atoms with Crippen molar-refractivity contribution in [2.24, 2.45) is 0 Å². The van der Waals surface area contributed by atoms with Gasteiger partial charge in [-0.05, 0) is 93.1 Å². The van der Waals surface area contributed by atoms with Crippen molar-refractivity contribution in [2.45, 2.75) is 113 Å². The number of fused-ring (bicyclic) bond motifs is 2. The first kappa shape index (κ1) is 47.9. The van der Waals surface area contributed by atoms with E-state index < -0.39 is 20.0 Å². The van der Waals surface area contributed by atoms with Gasteiger partial charge in [-0.1, -0.05) is 70.2 Å². The van der Waals surface area contributed by atoms with Crippen molar-refractivity contribution in [3.63, 3.8) is 0 Å². The molecular weight excluding hydrogens is 879 g/mol. The smallest absolute Gasteiger partial charge is 0.322 e. The number of hydrogen-bond donors (Lipinski definition) is 5. The first-order valence-corrected chi connectivity index (χ1v) is 25.5. The largest absolute Gasteiger partial charge is 0.460 e. The molecule has 0 atom stereocenters. The molecule has 0 saturated carbocycles. The third-order valence-electron chi connectivity index (χ3n) is 11.8. The lowest BCUT2D eigenvalue weighted by Gasteiger charge is -2.28. The number of rotatable bonds is 22. The summed E-state index contributed by atoms with van der Waals surface area (Å²) in [5, 5.41) is 21.0. The van der Waals surface area contributed by atoms with Gasteiger partial charge in [0.1, 0.15) is 12.2 Å². The molecule has 0 aliphatic carbocycles. The molecule has 5 N–H and O–H groups in total. The van der Waals surface area contributed by atoms with E-state index in [2.05, 4.69) is 62.0 Å². The number of aromatic amines is 1. The van der Waals surface area contributed by atoms with Gasteiger partial charge in [0.05, 0.1) is 32.8 Å². The highest BCUT2D eigenvalue weighted by atomic mass is 32.2. The van der Waals surface area contributed by atoms with E-state index in [1.807, 2.05) is 37.4 Å². The molecule has 1 aliphatic heterocycles. The Kier molecular flexibility index (Phi) is 15.6. The molecule has 1 aliphatic rings.